The quantitative estimate of drug-likeness (QED) is 0.380. The highest BCUT2D eigenvalue weighted by molar-refractivity contribution is 7.90. The van der Waals surface area contributed by atoms with Crippen LogP contribution in [-0.4, -0.2) is 17.9 Å². The maximum absolute atomic E-state index is 12.6. The number of hydrogen-bond donors (Lipinski definition) is 0. The summed E-state index contributed by atoms with van der Waals surface area (Å²) in [6.45, 7) is 5.88. The van der Waals surface area contributed by atoms with Gasteiger partial charge in [0, 0.05) is 18.7 Å². The van der Waals surface area contributed by atoms with E-state index in [4.69, 9.17) is 0 Å². The summed E-state index contributed by atoms with van der Waals surface area (Å²) in [4.78, 5) is 10.8. The third-order valence-corrected chi connectivity index (χ3v) is 6.14. The second kappa shape index (κ2) is 6.85. The summed E-state index contributed by atoms with van der Waals surface area (Å²) in [5.74, 6) is 0. The smallest absolute Gasteiger partial charge is 0.285 e. The zero-order valence-electron chi connectivity index (χ0n) is 13.8. The van der Waals surface area contributed by atoms with Crippen molar-refractivity contribution in [3.8, 4) is 0 Å². The van der Waals surface area contributed by atoms with E-state index in [0.29, 0.717) is 16.8 Å². The van der Waals surface area contributed by atoms with Gasteiger partial charge >= 0.3 is 0 Å². The SMILES string of the molecule is C=CCn1/c(=N/S(=O)(=O)c2ccc(C)cc2)sc2cc([N+](=O)[O-])ccc21. The van der Waals surface area contributed by atoms with Crippen LogP contribution in [0.25, 0.3) is 10.2 Å². The molecular weight excluding hydrogens is 374 g/mol. The van der Waals surface area contributed by atoms with Crippen LogP contribution in [0.4, 0.5) is 5.69 Å². The molecule has 3 rings (SSSR count). The molecule has 1 aromatic heterocycles. The largest absolute Gasteiger partial charge is 0.312 e. The third kappa shape index (κ3) is 3.44. The van der Waals surface area contributed by atoms with Crippen LogP contribution in [0.2, 0.25) is 0 Å². The monoisotopic (exact) mass is 389 g/mol. The van der Waals surface area contributed by atoms with Crippen molar-refractivity contribution in [1.29, 1.82) is 0 Å². The van der Waals surface area contributed by atoms with Gasteiger partial charge in [-0.1, -0.05) is 35.1 Å². The average molecular weight is 389 g/mol. The molecule has 0 bridgehead atoms. The Morgan fingerprint density at radius 2 is 1.96 bits per heavy atom. The van der Waals surface area contributed by atoms with Gasteiger partial charge in [0.25, 0.3) is 15.7 Å². The molecule has 0 aliphatic heterocycles. The summed E-state index contributed by atoms with van der Waals surface area (Å²) in [6.07, 6.45) is 1.62. The number of fused-ring (bicyclic) bond motifs is 1. The van der Waals surface area contributed by atoms with Crippen LogP contribution < -0.4 is 4.80 Å². The van der Waals surface area contributed by atoms with Crippen molar-refractivity contribution in [2.24, 2.45) is 4.40 Å². The molecule has 3 aromatic rings. The Balaban J connectivity index is 2.23. The third-order valence-electron chi connectivity index (χ3n) is 3.71. The van der Waals surface area contributed by atoms with Crippen molar-refractivity contribution < 1.29 is 13.3 Å². The van der Waals surface area contributed by atoms with Crippen molar-refractivity contribution in [3.63, 3.8) is 0 Å². The van der Waals surface area contributed by atoms with Crippen molar-refractivity contribution in [3.05, 3.63) is 75.6 Å². The number of non-ortho nitro benzene ring substituents is 1. The van der Waals surface area contributed by atoms with E-state index in [1.54, 1.807) is 28.8 Å². The van der Waals surface area contributed by atoms with Crippen molar-refractivity contribution >= 4 is 37.3 Å². The first-order valence-electron chi connectivity index (χ1n) is 7.58. The van der Waals surface area contributed by atoms with Gasteiger partial charge in [-0.3, -0.25) is 10.1 Å². The second-order valence-electron chi connectivity index (χ2n) is 5.57. The van der Waals surface area contributed by atoms with Gasteiger partial charge in [0.2, 0.25) is 4.80 Å². The summed E-state index contributed by atoms with van der Waals surface area (Å²) in [5.41, 5.74) is 1.55. The molecule has 0 unspecified atom stereocenters. The Bertz CT molecular complexity index is 1170. The molecule has 0 aliphatic rings. The molecule has 2 aromatic carbocycles. The van der Waals surface area contributed by atoms with Crippen LogP contribution >= 0.6 is 11.3 Å². The Kier molecular flexibility index (Phi) is 4.75. The molecule has 0 saturated carbocycles. The standard InChI is InChI=1S/C17H15N3O4S2/c1-3-10-19-15-9-6-13(20(21)22)11-16(15)25-17(19)18-26(23,24)14-7-4-12(2)5-8-14/h3-9,11H,1,10H2,2H3/b18-17-. The fraction of sp³-hybridized carbons (Fsp3) is 0.118. The number of aryl methyl sites for hydroxylation is 1. The van der Waals surface area contributed by atoms with Crippen LogP contribution in [0.1, 0.15) is 5.56 Å². The van der Waals surface area contributed by atoms with E-state index in [0.717, 1.165) is 16.9 Å². The fourth-order valence-electron chi connectivity index (χ4n) is 2.42. The molecular formula is C17H15N3O4S2. The molecule has 0 atom stereocenters. The highest BCUT2D eigenvalue weighted by atomic mass is 32.2. The highest BCUT2D eigenvalue weighted by Gasteiger charge is 2.16. The predicted octanol–water partition coefficient (Wildman–Crippen LogP) is 3.40. The van der Waals surface area contributed by atoms with Gasteiger partial charge in [0.15, 0.2) is 0 Å². The Morgan fingerprint density at radius 3 is 2.58 bits per heavy atom. The van der Waals surface area contributed by atoms with Gasteiger partial charge in [-0.15, -0.1) is 11.0 Å². The zero-order valence-corrected chi connectivity index (χ0v) is 15.5. The molecule has 0 spiro atoms. The summed E-state index contributed by atoms with van der Waals surface area (Å²) in [5, 5.41) is 11.0. The van der Waals surface area contributed by atoms with Crippen LogP contribution in [-0.2, 0) is 16.6 Å². The first kappa shape index (κ1) is 18.0. The number of aromatic nitrogens is 1. The number of rotatable bonds is 5. The lowest BCUT2D eigenvalue weighted by Crippen LogP contribution is -2.16. The van der Waals surface area contributed by atoms with Crippen LogP contribution in [0.15, 0.2) is 64.4 Å². The molecule has 0 aliphatic carbocycles. The van der Waals surface area contributed by atoms with Crippen molar-refractivity contribution in [1.82, 2.24) is 4.57 Å². The summed E-state index contributed by atoms with van der Waals surface area (Å²) in [6, 6.07) is 10.8. The van der Waals surface area contributed by atoms with Crippen molar-refractivity contribution in [2.75, 3.05) is 0 Å². The normalized spacial score (nSPS) is 12.4. The summed E-state index contributed by atoms with van der Waals surface area (Å²) >= 11 is 1.09. The summed E-state index contributed by atoms with van der Waals surface area (Å²) < 4.78 is 31.4. The molecule has 9 heteroatoms. The molecule has 0 radical (unpaired) electrons. The molecule has 26 heavy (non-hydrogen) atoms. The molecule has 7 nitrogen and oxygen atoms in total. The fourth-order valence-corrected chi connectivity index (χ4v) is 4.69. The average Bonchev–Trinajstić information content (AvgIpc) is 2.91. The van der Waals surface area contributed by atoms with Crippen LogP contribution in [0.5, 0.6) is 0 Å². The Hall–Kier alpha value is -2.78. The van der Waals surface area contributed by atoms with Gasteiger partial charge in [-0.2, -0.15) is 8.42 Å². The molecule has 0 saturated heterocycles. The molecule has 134 valence electrons. The number of nitrogens with zero attached hydrogens (tertiary/aromatic N) is 3. The number of nitro groups is 1. The lowest BCUT2D eigenvalue weighted by molar-refractivity contribution is -0.384. The van der Waals surface area contributed by atoms with Crippen LogP contribution in [0.3, 0.4) is 0 Å². The molecule has 1 heterocycles. The zero-order chi connectivity index (χ0) is 18.9. The number of thiazole rings is 1. The van der Waals surface area contributed by atoms with E-state index in [2.05, 4.69) is 11.0 Å². The Morgan fingerprint density at radius 1 is 1.27 bits per heavy atom. The number of hydrogen-bond acceptors (Lipinski definition) is 5. The van der Waals surface area contributed by atoms with E-state index in [-0.39, 0.29) is 15.4 Å². The highest BCUT2D eigenvalue weighted by Crippen LogP contribution is 2.24. The number of allylic oxidation sites excluding steroid dienone is 1. The number of sulfonamides is 1. The first-order valence-corrected chi connectivity index (χ1v) is 9.84. The van der Waals surface area contributed by atoms with E-state index in [1.165, 1.54) is 24.3 Å². The number of nitro benzene ring substituents is 1. The minimum absolute atomic E-state index is 0.0579. The first-order chi connectivity index (χ1) is 12.3. The van der Waals surface area contributed by atoms with Crippen molar-refractivity contribution in [2.45, 2.75) is 18.4 Å². The van der Waals surface area contributed by atoms with Gasteiger partial charge in [-0.25, -0.2) is 0 Å². The van der Waals surface area contributed by atoms with Gasteiger partial charge in [-0.05, 0) is 25.1 Å². The van der Waals surface area contributed by atoms with Gasteiger partial charge in [0.1, 0.15) is 0 Å². The Labute approximate surface area is 153 Å². The van der Waals surface area contributed by atoms with Gasteiger partial charge < -0.3 is 4.57 Å². The van der Waals surface area contributed by atoms with Gasteiger partial charge in [0.05, 0.1) is 20.0 Å². The minimum atomic E-state index is -3.90. The van der Waals surface area contributed by atoms with E-state index >= 15 is 0 Å². The maximum Gasteiger partial charge on any atom is 0.285 e. The molecule has 0 fully saturated rings. The molecule has 0 N–H and O–H groups in total. The van der Waals surface area contributed by atoms with E-state index < -0.39 is 14.9 Å². The van der Waals surface area contributed by atoms with E-state index in [9.17, 15) is 18.5 Å². The van der Waals surface area contributed by atoms with Crippen LogP contribution in [0, 0.1) is 17.0 Å². The minimum Gasteiger partial charge on any atom is -0.312 e. The second-order valence-corrected chi connectivity index (χ2v) is 8.19. The topological polar surface area (TPSA) is 94.6 Å². The number of benzene rings is 2. The summed E-state index contributed by atoms with van der Waals surface area (Å²) in [7, 11) is -3.90. The van der Waals surface area contributed by atoms with E-state index in [1.807, 2.05) is 6.92 Å². The molecule has 0 amide bonds. The predicted molar refractivity (Wildman–Crippen MR) is 101 cm³/mol. The lowest BCUT2D eigenvalue weighted by Gasteiger charge is -2.02. The maximum atomic E-state index is 12.6. The lowest BCUT2D eigenvalue weighted by atomic mass is 10.2.